The number of halogens is 1. The molecule has 4 rings (SSSR count). The second kappa shape index (κ2) is 10.6. The highest BCUT2D eigenvalue weighted by Crippen LogP contribution is 2.35. The van der Waals surface area contributed by atoms with Crippen molar-refractivity contribution < 1.29 is 19.0 Å². The number of methoxy groups -OCH3 is 1. The van der Waals surface area contributed by atoms with Gasteiger partial charge in [0.05, 0.1) is 12.6 Å². The van der Waals surface area contributed by atoms with E-state index in [0.717, 1.165) is 16.5 Å². The standard InChI is InChI=1S/C26H31ClN4O4/c1-26(2,3)35-25(32)31-10-8-19(9-11-31)34-23-13-20-21(14-22(23)33-4)29-16-30-24(20)28-15-17-6-5-7-18(27)12-17/h5-7,12-14,16,19H,8-11,15H2,1-4H3,(H,28,29,30). The zero-order valence-electron chi connectivity index (χ0n) is 20.5. The molecule has 0 unspecified atom stereocenters. The lowest BCUT2D eigenvalue weighted by molar-refractivity contribution is 0.0124. The van der Waals surface area contributed by atoms with Crippen molar-refractivity contribution >= 4 is 34.4 Å². The largest absolute Gasteiger partial charge is 0.493 e. The van der Waals surface area contributed by atoms with Crippen LogP contribution >= 0.6 is 11.6 Å². The van der Waals surface area contributed by atoms with Gasteiger partial charge < -0.3 is 24.4 Å². The minimum absolute atomic E-state index is 0.0486. The molecule has 1 aliphatic heterocycles. The van der Waals surface area contributed by atoms with E-state index in [1.54, 1.807) is 12.0 Å². The number of hydrogen-bond donors (Lipinski definition) is 1. The van der Waals surface area contributed by atoms with Gasteiger partial charge in [0.15, 0.2) is 11.5 Å². The third-order valence-electron chi connectivity index (χ3n) is 5.66. The third-order valence-corrected chi connectivity index (χ3v) is 5.89. The molecule has 1 amide bonds. The van der Waals surface area contributed by atoms with Crippen LogP contribution in [0.1, 0.15) is 39.2 Å². The molecule has 0 saturated carbocycles. The lowest BCUT2D eigenvalue weighted by Gasteiger charge is -2.33. The molecule has 0 spiro atoms. The number of rotatable bonds is 6. The van der Waals surface area contributed by atoms with Crippen molar-refractivity contribution in [3.63, 3.8) is 0 Å². The number of fused-ring (bicyclic) bond motifs is 1. The Morgan fingerprint density at radius 2 is 1.91 bits per heavy atom. The minimum Gasteiger partial charge on any atom is -0.493 e. The molecule has 0 radical (unpaired) electrons. The summed E-state index contributed by atoms with van der Waals surface area (Å²) in [7, 11) is 1.61. The van der Waals surface area contributed by atoms with E-state index in [1.165, 1.54) is 6.33 Å². The number of piperidine rings is 1. The van der Waals surface area contributed by atoms with Crippen molar-refractivity contribution in [2.45, 2.75) is 51.9 Å². The van der Waals surface area contributed by atoms with Gasteiger partial charge in [-0.05, 0) is 44.5 Å². The van der Waals surface area contributed by atoms with Crippen LogP contribution in [0.3, 0.4) is 0 Å². The zero-order valence-corrected chi connectivity index (χ0v) is 21.3. The Labute approximate surface area is 210 Å². The molecule has 1 aromatic heterocycles. The molecular weight excluding hydrogens is 468 g/mol. The summed E-state index contributed by atoms with van der Waals surface area (Å²) < 4.78 is 17.4. The molecule has 2 heterocycles. The summed E-state index contributed by atoms with van der Waals surface area (Å²) in [5.74, 6) is 1.92. The fourth-order valence-corrected chi connectivity index (χ4v) is 4.16. The van der Waals surface area contributed by atoms with Crippen LogP contribution in [-0.2, 0) is 11.3 Å². The lowest BCUT2D eigenvalue weighted by atomic mass is 10.1. The Morgan fingerprint density at radius 3 is 2.60 bits per heavy atom. The highest BCUT2D eigenvalue weighted by atomic mass is 35.5. The number of benzene rings is 2. The molecule has 3 aromatic rings. The van der Waals surface area contributed by atoms with Gasteiger partial charge in [0.25, 0.3) is 0 Å². The molecule has 2 aromatic carbocycles. The maximum Gasteiger partial charge on any atom is 0.410 e. The van der Waals surface area contributed by atoms with Crippen molar-refractivity contribution in [1.82, 2.24) is 14.9 Å². The van der Waals surface area contributed by atoms with Crippen LogP contribution in [0.2, 0.25) is 5.02 Å². The van der Waals surface area contributed by atoms with E-state index in [4.69, 9.17) is 25.8 Å². The van der Waals surface area contributed by atoms with Gasteiger partial charge in [-0.2, -0.15) is 0 Å². The summed E-state index contributed by atoms with van der Waals surface area (Å²) in [6.45, 7) is 7.33. The molecule has 0 atom stereocenters. The first-order valence-corrected chi connectivity index (χ1v) is 12.1. The number of nitrogens with zero attached hydrogens (tertiary/aromatic N) is 3. The van der Waals surface area contributed by atoms with E-state index in [-0.39, 0.29) is 12.2 Å². The molecule has 9 heteroatoms. The SMILES string of the molecule is COc1cc2ncnc(NCc3cccc(Cl)c3)c2cc1OC1CCN(C(=O)OC(C)(C)C)CC1. The van der Waals surface area contributed by atoms with E-state index in [0.29, 0.717) is 54.8 Å². The molecule has 8 nitrogen and oxygen atoms in total. The number of carbonyl (C=O) groups excluding carboxylic acids is 1. The van der Waals surface area contributed by atoms with E-state index < -0.39 is 5.60 Å². The van der Waals surface area contributed by atoms with Crippen LogP contribution in [0.25, 0.3) is 10.9 Å². The van der Waals surface area contributed by atoms with Crippen LogP contribution < -0.4 is 14.8 Å². The summed E-state index contributed by atoms with van der Waals surface area (Å²) in [5, 5.41) is 4.89. The Hall–Kier alpha value is -3.26. The van der Waals surface area contributed by atoms with Crippen LogP contribution in [0.4, 0.5) is 10.6 Å². The highest BCUT2D eigenvalue weighted by Gasteiger charge is 2.28. The Balaban J connectivity index is 1.48. The molecule has 0 aliphatic carbocycles. The quantitative estimate of drug-likeness (QED) is 0.467. The van der Waals surface area contributed by atoms with E-state index in [2.05, 4.69) is 15.3 Å². The van der Waals surface area contributed by atoms with Crippen molar-refractivity contribution in [3.05, 3.63) is 53.3 Å². The first-order valence-electron chi connectivity index (χ1n) is 11.7. The molecule has 1 saturated heterocycles. The smallest absolute Gasteiger partial charge is 0.410 e. The van der Waals surface area contributed by atoms with Crippen LogP contribution in [0, 0.1) is 0 Å². The topological polar surface area (TPSA) is 85.8 Å². The first kappa shape index (κ1) is 24.9. The normalized spacial score (nSPS) is 14.6. The fourth-order valence-electron chi connectivity index (χ4n) is 3.95. The Kier molecular flexibility index (Phi) is 7.50. The zero-order chi connectivity index (χ0) is 25.0. The van der Waals surface area contributed by atoms with Gasteiger partial charge in [0, 0.05) is 49.0 Å². The number of ether oxygens (including phenoxy) is 3. The van der Waals surface area contributed by atoms with E-state index in [9.17, 15) is 4.79 Å². The second-order valence-corrected chi connectivity index (χ2v) is 9.95. The number of likely N-dealkylation sites (tertiary alicyclic amines) is 1. The van der Waals surface area contributed by atoms with Crippen molar-refractivity contribution in [2.75, 3.05) is 25.5 Å². The van der Waals surface area contributed by atoms with Gasteiger partial charge in [-0.15, -0.1) is 0 Å². The average molecular weight is 499 g/mol. The van der Waals surface area contributed by atoms with Gasteiger partial charge in [-0.1, -0.05) is 23.7 Å². The summed E-state index contributed by atoms with van der Waals surface area (Å²) in [6.07, 6.45) is 2.59. The molecule has 35 heavy (non-hydrogen) atoms. The number of anilines is 1. The summed E-state index contributed by atoms with van der Waals surface area (Å²) in [4.78, 5) is 22.9. The van der Waals surface area contributed by atoms with Gasteiger partial charge in [-0.25, -0.2) is 14.8 Å². The second-order valence-electron chi connectivity index (χ2n) is 9.51. The van der Waals surface area contributed by atoms with Gasteiger partial charge in [0.1, 0.15) is 23.9 Å². The summed E-state index contributed by atoms with van der Waals surface area (Å²) >= 11 is 6.11. The van der Waals surface area contributed by atoms with Crippen molar-refractivity contribution in [2.24, 2.45) is 0 Å². The van der Waals surface area contributed by atoms with Crippen LogP contribution in [-0.4, -0.2) is 52.9 Å². The number of nitrogens with one attached hydrogen (secondary N) is 1. The molecule has 0 bridgehead atoms. The van der Waals surface area contributed by atoms with E-state index >= 15 is 0 Å². The fraction of sp³-hybridized carbons (Fsp3) is 0.423. The summed E-state index contributed by atoms with van der Waals surface area (Å²) in [5.41, 5.74) is 1.28. The monoisotopic (exact) mass is 498 g/mol. The van der Waals surface area contributed by atoms with Crippen LogP contribution in [0.5, 0.6) is 11.5 Å². The average Bonchev–Trinajstić information content (AvgIpc) is 2.82. The predicted octanol–water partition coefficient (Wildman–Crippen LogP) is 5.68. The van der Waals surface area contributed by atoms with Crippen LogP contribution in [0.15, 0.2) is 42.7 Å². The predicted molar refractivity (Wildman–Crippen MR) is 136 cm³/mol. The number of carbonyl (C=O) groups is 1. The van der Waals surface area contributed by atoms with Gasteiger partial charge >= 0.3 is 6.09 Å². The van der Waals surface area contributed by atoms with Gasteiger partial charge in [-0.3, -0.25) is 0 Å². The maximum atomic E-state index is 12.4. The molecular formula is C26H31ClN4O4. The first-order chi connectivity index (χ1) is 16.7. The minimum atomic E-state index is -0.510. The maximum absolute atomic E-state index is 12.4. The van der Waals surface area contributed by atoms with E-state index in [1.807, 2.05) is 57.2 Å². The Morgan fingerprint density at radius 1 is 1.14 bits per heavy atom. The Bertz CT molecular complexity index is 1190. The summed E-state index contributed by atoms with van der Waals surface area (Å²) in [6, 6.07) is 11.4. The van der Waals surface area contributed by atoms with Crippen molar-refractivity contribution in [3.8, 4) is 11.5 Å². The van der Waals surface area contributed by atoms with Gasteiger partial charge in [0.2, 0.25) is 0 Å². The number of aromatic nitrogens is 2. The molecule has 186 valence electrons. The molecule has 1 fully saturated rings. The molecule has 1 aliphatic rings. The van der Waals surface area contributed by atoms with Crippen molar-refractivity contribution in [1.29, 1.82) is 0 Å². The highest BCUT2D eigenvalue weighted by molar-refractivity contribution is 6.30. The molecule has 1 N–H and O–H groups in total. The number of hydrogen-bond acceptors (Lipinski definition) is 7. The number of amides is 1. The lowest BCUT2D eigenvalue weighted by Crippen LogP contribution is -2.44. The third kappa shape index (κ3) is 6.45.